The van der Waals surface area contributed by atoms with Crippen molar-refractivity contribution in [2.45, 2.75) is 5.16 Å². The molecule has 5 nitrogen and oxygen atoms in total. The Morgan fingerprint density at radius 3 is 2.71 bits per heavy atom. The summed E-state index contributed by atoms with van der Waals surface area (Å²) in [5.74, 6) is 0. The van der Waals surface area contributed by atoms with Crippen LogP contribution in [0.4, 0.5) is 5.69 Å². The number of hydrogen-bond acceptors (Lipinski definition) is 4. The van der Waals surface area contributed by atoms with Gasteiger partial charge in [0.25, 0.3) is 0 Å². The molecule has 0 radical (unpaired) electrons. The molecule has 2 rings (SSSR count). The first-order valence-electron chi connectivity index (χ1n) is 3.93. The zero-order valence-electron chi connectivity index (χ0n) is 7.48. The van der Waals surface area contributed by atoms with Gasteiger partial charge in [0, 0.05) is 6.26 Å². The SMILES string of the molecule is CS(=O)(=O)c1nc2cccc(N)c2[nH]1. The van der Waals surface area contributed by atoms with Gasteiger partial charge in [0.2, 0.25) is 15.0 Å². The summed E-state index contributed by atoms with van der Waals surface area (Å²) in [4.78, 5) is 6.60. The summed E-state index contributed by atoms with van der Waals surface area (Å²) in [7, 11) is -3.30. The van der Waals surface area contributed by atoms with E-state index in [1.807, 2.05) is 0 Å². The lowest BCUT2D eigenvalue weighted by molar-refractivity contribution is 0.595. The van der Waals surface area contributed by atoms with Crippen molar-refractivity contribution in [1.82, 2.24) is 9.97 Å². The van der Waals surface area contributed by atoms with Gasteiger partial charge in [0.15, 0.2) is 0 Å². The fourth-order valence-corrected chi connectivity index (χ4v) is 1.76. The Labute approximate surface area is 80.9 Å². The van der Waals surface area contributed by atoms with Gasteiger partial charge >= 0.3 is 0 Å². The van der Waals surface area contributed by atoms with Crippen LogP contribution in [0.25, 0.3) is 11.0 Å². The number of aromatic amines is 1. The molecule has 0 saturated carbocycles. The lowest BCUT2D eigenvalue weighted by Gasteiger charge is -1.91. The molecule has 0 aliphatic rings. The van der Waals surface area contributed by atoms with Crippen molar-refractivity contribution in [2.24, 2.45) is 0 Å². The van der Waals surface area contributed by atoms with Gasteiger partial charge in [-0.15, -0.1) is 0 Å². The number of nitrogens with zero attached hydrogens (tertiary/aromatic N) is 1. The van der Waals surface area contributed by atoms with E-state index < -0.39 is 9.84 Å². The molecular formula is C8H9N3O2S. The second-order valence-electron chi connectivity index (χ2n) is 3.06. The summed E-state index contributed by atoms with van der Waals surface area (Å²) in [6.45, 7) is 0. The number of hydrogen-bond donors (Lipinski definition) is 2. The van der Waals surface area contributed by atoms with E-state index in [0.717, 1.165) is 6.26 Å². The molecule has 0 fully saturated rings. The summed E-state index contributed by atoms with van der Waals surface area (Å²) >= 11 is 0. The first-order valence-corrected chi connectivity index (χ1v) is 5.82. The predicted molar refractivity (Wildman–Crippen MR) is 53.6 cm³/mol. The molecule has 0 amide bonds. The Bertz CT molecular complexity index is 586. The number of nitrogen functional groups attached to an aromatic ring is 1. The van der Waals surface area contributed by atoms with Gasteiger partial charge in [-0.3, -0.25) is 0 Å². The Morgan fingerprint density at radius 1 is 1.43 bits per heavy atom. The maximum absolute atomic E-state index is 11.2. The summed E-state index contributed by atoms with van der Waals surface area (Å²) in [6, 6.07) is 5.12. The van der Waals surface area contributed by atoms with Crippen molar-refractivity contribution in [3.63, 3.8) is 0 Å². The van der Waals surface area contributed by atoms with E-state index in [9.17, 15) is 8.42 Å². The first kappa shape index (κ1) is 9.01. The quantitative estimate of drug-likeness (QED) is 0.674. The third-order valence-electron chi connectivity index (χ3n) is 1.88. The summed E-state index contributed by atoms with van der Waals surface area (Å²) in [6.07, 6.45) is 1.10. The van der Waals surface area contributed by atoms with Crippen molar-refractivity contribution >= 4 is 26.6 Å². The molecule has 0 spiro atoms. The second-order valence-corrected chi connectivity index (χ2v) is 4.99. The standard InChI is InChI=1S/C8H9N3O2S/c1-14(12,13)8-10-6-4-2-3-5(9)7(6)11-8/h2-4H,9H2,1H3,(H,10,11). The van der Waals surface area contributed by atoms with Crippen LogP contribution in [-0.2, 0) is 9.84 Å². The highest BCUT2D eigenvalue weighted by atomic mass is 32.2. The number of rotatable bonds is 1. The predicted octanol–water partition coefficient (Wildman–Crippen LogP) is 0.549. The van der Waals surface area contributed by atoms with Gasteiger partial charge in [-0.2, -0.15) is 0 Å². The number of fused-ring (bicyclic) bond motifs is 1. The molecule has 1 heterocycles. The molecule has 2 aromatic rings. The van der Waals surface area contributed by atoms with Crippen molar-refractivity contribution in [2.75, 3.05) is 12.0 Å². The van der Waals surface area contributed by atoms with Crippen LogP contribution in [0, 0.1) is 0 Å². The monoisotopic (exact) mass is 211 g/mol. The minimum atomic E-state index is -3.30. The topological polar surface area (TPSA) is 88.8 Å². The maximum Gasteiger partial charge on any atom is 0.225 e. The summed E-state index contributed by atoms with van der Waals surface area (Å²) < 4.78 is 22.4. The highest BCUT2D eigenvalue weighted by molar-refractivity contribution is 7.90. The molecule has 1 aromatic carbocycles. The van der Waals surface area contributed by atoms with Crippen LogP contribution >= 0.6 is 0 Å². The van der Waals surface area contributed by atoms with E-state index in [-0.39, 0.29) is 5.16 Å². The number of sulfone groups is 1. The third-order valence-corrected chi connectivity index (χ3v) is 2.78. The van der Waals surface area contributed by atoms with Crippen LogP contribution in [0.15, 0.2) is 23.4 Å². The van der Waals surface area contributed by atoms with Crippen molar-refractivity contribution in [3.05, 3.63) is 18.2 Å². The van der Waals surface area contributed by atoms with Gasteiger partial charge in [0.1, 0.15) is 0 Å². The van der Waals surface area contributed by atoms with E-state index in [0.29, 0.717) is 16.7 Å². The average molecular weight is 211 g/mol. The molecule has 3 N–H and O–H groups in total. The first-order chi connectivity index (χ1) is 6.48. The average Bonchev–Trinajstić information content (AvgIpc) is 2.48. The van der Waals surface area contributed by atoms with E-state index in [4.69, 9.17) is 5.73 Å². The Kier molecular flexibility index (Phi) is 1.75. The van der Waals surface area contributed by atoms with Crippen LogP contribution in [0.1, 0.15) is 0 Å². The van der Waals surface area contributed by atoms with Crippen LogP contribution in [0.3, 0.4) is 0 Å². The molecular weight excluding hydrogens is 202 g/mol. The molecule has 74 valence electrons. The van der Waals surface area contributed by atoms with Gasteiger partial charge in [-0.05, 0) is 12.1 Å². The lowest BCUT2D eigenvalue weighted by atomic mass is 10.3. The third kappa shape index (κ3) is 1.33. The highest BCUT2D eigenvalue weighted by Crippen LogP contribution is 2.19. The Hall–Kier alpha value is -1.56. The minimum Gasteiger partial charge on any atom is -0.397 e. The van der Waals surface area contributed by atoms with Gasteiger partial charge in [-0.25, -0.2) is 13.4 Å². The van der Waals surface area contributed by atoms with Crippen molar-refractivity contribution < 1.29 is 8.42 Å². The zero-order valence-corrected chi connectivity index (χ0v) is 8.30. The van der Waals surface area contributed by atoms with E-state index in [1.165, 1.54) is 0 Å². The Balaban J connectivity index is 2.81. The fourth-order valence-electron chi connectivity index (χ4n) is 1.21. The Morgan fingerprint density at radius 2 is 2.14 bits per heavy atom. The van der Waals surface area contributed by atoms with Crippen LogP contribution in [0.5, 0.6) is 0 Å². The van der Waals surface area contributed by atoms with Gasteiger partial charge < -0.3 is 10.7 Å². The van der Waals surface area contributed by atoms with E-state index in [1.54, 1.807) is 18.2 Å². The van der Waals surface area contributed by atoms with Crippen LogP contribution in [-0.4, -0.2) is 24.6 Å². The minimum absolute atomic E-state index is 0.0506. The molecule has 0 aliphatic heterocycles. The van der Waals surface area contributed by atoms with E-state index >= 15 is 0 Å². The molecule has 0 unspecified atom stereocenters. The molecule has 6 heteroatoms. The largest absolute Gasteiger partial charge is 0.397 e. The number of H-pyrrole nitrogens is 1. The number of nitrogens with two attached hydrogens (primary N) is 1. The molecule has 0 aliphatic carbocycles. The number of anilines is 1. The summed E-state index contributed by atoms with van der Waals surface area (Å²) in [5, 5.41) is -0.0506. The number of imidazole rings is 1. The molecule has 14 heavy (non-hydrogen) atoms. The van der Waals surface area contributed by atoms with Crippen molar-refractivity contribution in [1.29, 1.82) is 0 Å². The maximum atomic E-state index is 11.2. The zero-order chi connectivity index (χ0) is 10.3. The highest BCUT2D eigenvalue weighted by Gasteiger charge is 2.13. The summed E-state index contributed by atoms with van der Waals surface area (Å²) in [5.41, 5.74) is 7.26. The molecule has 0 atom stereocenters. The number of benzene rings is 1. The molecule has 0 saturated heterocycles. The molecule has 1 aromatic heterocycles. The number of nitrogens with one attached hydrogen (secondary N) is 1. The van der Waals surface area contributed by atoms with Gasteiger partial charge in [0.05, 0.1) is 16.7 Å². The second kappa shape index (κ2) is 2.71. The number of para-hydroxylation sites is 1. The smallest absolute Gasteiger partial charge is 0.225 e. The lowest BCUT2D eigenvalue weighted by Crippen LogP contribution is -1.98. The fraction of sp³-hybridized carbons (Fsp3) is 0.125. The van der Waals surface area contributed by atoms with Gasteiger partial charge in [-0.1, -0.05) is 6.07 Å². The van der Waals surface area contributed by atoms with Crippen LogP contribution in [0.2, 0.25) is 0 Å². The molecule has 0 bridgehead atoms. The number of aromatic nitrogens is 2. The van der Waals surface area contributed by atoms with E-state index in [2.05, 4.69) is 9.97 Å². The van der Waals surface area contributed by atoms with Crippen LogP contribution < -0.4 is 5.73 Å². The normalized spacial score (nSPS) is 12.1. The van der Waals surface area contributed by atoms with Crippen molar-refractivity contribution in [3.8, 4) is 0 Å².